The Labute approximate surface area is 152 Å². The Morgan fingerprint density at radius 2 is 1.63 bits per heavy atom. The number of H-pyrrole nitrogens is 2. The molecule has 0 aliphatic carbocycles. The van der Waals surface area contributed by atoms with Crippen LogP contribution < -0.4 is 10.9 Å². The first-order chi connectivity index (χ1) is 13.2. The summed E-state index contributed by atoms with van der Waals surface area (Å²) in [4.78, 5) is 17.3. The van der Waals surface area contributed by atoms with Crippen molar-refractivity contribution in [3.05, 3.63) is 71.0 Å². The number of anilines is 2. The molecule has 3 heterocycles. The molecule has 2 aromatic carbocycles. The number of rotatable bonds is 3. The van der Waals surface area contributed by atoms with Crippen LogP contribution in [0.15, 0.2) is 59.7 Å². The lowest BCUT2D eigenvalue weighted by atomic mass is 10.2. The van der Waals surface area contributed by atoms with Gasteiger partial charge in [-0.05, 0) is 43.3 Å². The Hall–Kier alpha value is -3.94. The largest absolute Gasteiger partial charge is 0.340 e. The van der Waals surface area contributed by atoms with E-state index < -0.39 is 0 Å². The maximum absolute atomic E-state index is 12.7. The molecule has 0 saturated heterocycles. The average Bonchev–Trinajstić information content (AvgIpc) is 3.29. The van der Waals surface area contributed by atoms with Crippen LogP contribution >= 0.6 is 0 Å². The Morgan fingerprint density at radius 3 is 2.37 bits per heavy atom. The highest BCUT2D eigenvalue weighted by Gasteiger charge is 2.09. The van der Waals surface area contributed by atoms with Crippen LogP contribution in [0.2, 0.25) is 0 Å². The maximum atomic E-state index is 12.7. The summed E-state index contributed by atoms with van der Waals surface area (Å²) < 4.78 is 1.58. The summed E-state index contributed by atoms with van der Waals surface area (Å²) in [6.07, 6.45) is 3.48. The minimum atomic E-state index is -0.155. The van der Waals surface area contributed by atoms with Crippen LogP contribution in [0.4, 0.5) is 11.5 Å². The normalized spacial score (nSPS) is 11.3. The van der Waals surface area contributed by atoms with Crippen LogP contribution in [0, 0.1) is 6.92 Å². The van der Waals surface area contributed by atoms with E-state index in [1.165, 1.54) is 6.07 Å². The van der Waals surface area contributed by atoms with Gasteiger partial charge < -0.3 is 5.32 Å². The number of hydrogen-bond acceptors (Lipinski definition) is 5. The van der Waals surface area contributed by atoms with Crippen LogP contribution in [0.5, 0.6) is 0 Å². The third-order valence-corrected chi connectivity index (χ3v) is 4.48. The molecule has 0 spiro atoms. The minimum Gasteiger partial charge on any atom is -0.340 e. The van der Waals surface area contributed by atoms with Crippen molar-refractivity contribution >= 4 is 33.3 Å². The van der Waals surface area contributed by atoms with E-state index in [0.717, 1.165) is 33.2 Å². The molecule has 0 unspecified atom stereocenters. The highest BCUT2D eigenvalue weighted by atomic mass is 16.1. The van der Waals surface area contributed by atoms with Crippen molar-refractivity contribution in [2.24, 2.45) is 0 Å². The predicted octanol–water partition coefficient (Wildman–Crippen LogP) is 3.04. The summed E-state index contributed by atoms with van der Waals surface area (Å²) in [5.41, 5.74) is 3.32. The van der Waals surface area contributed by atoms with E-state index in [0.29, 0.717) is 11.6 Å². The highest BCUT2D eigenvalue weighted by molar-refractivity contribution is 5.82. The van der Waals surface area contributed by atoms with Crippen molar-refractivity contribution in [3.8, 4) is 5.69 Å². The highest BCUT2D eigenvalue weighted by Crippen LogP contribution is 2.21. The SMILES string of the molecule is Cc1nc(Nc2ccc3[nH]ncc3c2)cc(=O)n1-c1ccc2[nH]ncc2c1. The van der Waals surface area contributed by atoms with Gasteiger partial charge in [-0.25, -0.2) is 4.98 Å². The summed E-state index contributed by atoms with van der Waals surface area (Å²) in [6, 6.07) is 13.0. The molecule has 5 rings (SSSR count). The van der Waals surface area contributed by atoms with Crippen LogP contribution in [0.3, 0.4) is 0 Å². The fraction of sp³-hybridized carbons (Fsp3) is 0.0526. The number of fused-ring (bicyclic) bond motifs is 2. The molecule has 0 fully saturated rings. The number of benzene rings is 2. The van der Waals surface area contributed by atoms with Crippen LogP contribution in [0.1, 0.15) is 5.82 Å². The number of aromatic amines is 2. The summed E-state index contributed by atoms with van der Waals surface area (Å²) in [5.74, 6) is 1.10. The standard InChI is InChI=1S/C19H15N7O/c1-11-22-18(23-14-2-4-16-12(6-14)9-20-24-16)8-19(27)26(11)15-3-5-17-13(7-15)10-21-25-17/h2-10,23H,1H3,(H,20,24)(H,21,25). The molecule has 0 bridgehead atoms. The Morgan fingerprint density at radius 1 is 0.926 bits per heavy atom. The van der Waals surface area contributed by atoms with Gasteiger partial charge >= 0.3 is 0 Å². The van der Waals surface area contributed by atoms with Crippen molar-refractivity contribution < 1.29 is 0 Å². The predicted molar refractivity (Wildman–Crippen MR) is 104 cm³/mol. The molecule has 0 amide bonds. The molecule has 0 aliphatic heterocycles. The lowest BCUT2D eigenvalue weighted by Gasteiger charge is -2.12. The third kappa shape index (κ3) is 2.63. The van der Waals surface area contributed by atoms with Gasteiger partial charge in [0.05, 0.1) is 29.1 Å². The van der Waals surface area contributed by atoms with Gasteiger partial charge in [0, 0.05) is 22.5 Å². The fourth-order valence-corrected chi connectivity index (χ4v) is 3.21. The van der Waals surface area contributed by atoms with Crippen molar-refractivity contribution in [1.82, 2.24) is 29.9 Å². The number of nitrogens with zero attached hydrogens (tertiary/aromatic N) is 4. The lowest BCUT2D eigenvalue weighted by molar-refractivity contribution is 0.875. The molecule has 8 nitrogen and oxygen atoms in total. The minimum absolute atomic E-state index is 0.155. The molecule has 0 saturated carbocycles. The molecule has 3 N–H and O–H groups in total. The zero-order valence-electron chi connectivity index (χ0n) is 14.4. The number of hydrogen-bond donors (Lipinski definition) is 3. The molecule has 8 heteroatoms. The van der Waals surface area contributed by atoms with Gasteiger partial charge in [-0.15, -0.1) is 0 Å². The summed E-state index contributed by atoms with van der Waals surface area (Å²) in [6.45, 7) is 1.81. The second kappa shape index (κ2) is 5.80. The monoisotopic (exact) mass is 357 g/mol. The third-order valence-electron chi connectivity index (χ3n) is 4.48. The summed E-state index contributed by atoms with van der Waals surface area (Å²) in [7, 11) is 0. The van der Waals surface area contributed by atoms with E-state index in [2.05, 4.69) is 30.7 Å². The van der Waals surface area contributed by atoms with Crippen LogP contribution in [-0.2, 0) is 0 Å². The van der Waals surface area contributed by atoms with Crippen LogP contribution in [0.25, 0.3) is 27.5 Å². The van der Waals surface area contributed by atoms with Gasteiger partial charge in [-0.3, -0.25) is 19.6 Å². The van der Waals surface area contributed by atoms with Gasteiger partial charge in [0.2, 0.25) is 0 Å². The molecule has 0 aliphatic rings. The Balaban J connectivity index is 1.53. The van der Waals surface area contributed by atoms with Gasteiger partial charge in [-0.2, -0.15) is 10.2 Å². The van der Waals surface area contributed by atoms with E-state index in [1.807, 2.05) is 43.3 Å². The van der Waals surface area contributed by atoms with Crippen molar-refractivity contribution in [2.45, 2.75) is 6.92 Å². The van der Waals surface area contributed by atoms with Gasteiger partial charge in [-0.1, -0.05) is 0 Å². The lowest BCUT2D eigenvalue weighted by Crippen LogP contribution is -2.22. The van der Waals surface area contributed by atoms with E-state index in [4.69, 9.17) is 0 Å². The smallest absolute Gasteiger partial charge is 0.260 e. The van der Waals surface area contributed by atoms with Gasteiger partial charge in [0.15, 0.2) is 0 Å². The molecule has 3 aromatic heterocycles. The zero-order valence-corrected chi connectivity index (χ0v) is 14.4. The zero-order chi connectivity index (χ0) is 18.4. The molecule has 27 heavy (non-hydrogen) atoms. The van der Waals surface area contributed by atoms with E-state index in [9.17, 15) is 4.79 Å². The molecular weight excluding hydrogens is 342 g/mol. The van der Waals surface area contributed by atoms with Gasteiger partial charge in [0.25, 0.3) is 5.56 Å². The van der Waals surface area contributed by atoms with Gasteiger partial charge in [0.1, 0.15) is 11.6 Å². The maximum Gasteiger partial charge on any atom is 0.260 e. The van der Waals surface area contributed by atoms with Crippen molar-refractivity contribution in [3.63, 3.8) is 0 Å². The molecule has 0 atom stereocenters. The van der Waals surface area contributed by atoms with Crippen molar-refractivity contribution in [1.29, 1.82) is 0 Å². The number of aromatic nitrogens is 6. The average molecular weight is 357 g/mol. The topological polar surface area (TPSA) is 104 Å². The summed E-state index contributed by atoms with van der Waals surface area (Å²) >= 11 is 0. The molecule has 132 valence electrons. The quantitative estimate of drug-likeness (QED) is 0.460. The second-order valence-electron chi connectivity index (χ2n) is 6.30. The van der Waals surface area contributed by atoms with E-state index in [1.54, 1.807) is 17.0 Å². The van der Waals surface area contributed by atoms with E-state index >= 15 is 0 Å². The molecular formula is C19H15N7O. The first kappa shape index (κ1) is 15.3. The first-order valence-corrected chi connectivity index (χ1v) is 8.42. The Kier molecular flexibility index (Phi) is 3.29. The second-order valence-corrected chi connectivity index (χ2v) is 6.30. The number of nitrogens with one attached hydrogen (secondary N) is 3. The first-order valence-electron chi connectivity index (χ1n) is 8.42. The fourth-order valence-electron chi connectivity index (χ4n) is 3.21. The van der Waals surface area contributed by atoms with Crippen LogP contribution in [-0.4, -0.2) is 29.9 Å². The van der Waals surface area contributed by atoms with E-state index in [-0.39, 0.29) is 5.56 Å². The molecule has 0 radical (unpaired) electrons. The number of aryl methyl sites for hydroxylation is 1. The molecule has 5 aromatic rings. The Bertz CT molecular complexity index is 1350. The van der Waals surface area contributed by atoms with Crippen molar-refractivity contribution in [2.75, 3.05) is 5.32 Å². The summed E-state index contributed by atoms with van der Waals surface area (Å²) in [5, 5.41) is 19.0.